The van der Waals surface area contributed by atoms with E-state index in [0.29, 0.717) is 24.8 Å². The van der Waals surface area contributed by atoms with Crippen LogP contribution < -0.4 is 10.1 Å². The summed E-state index contributed by atoms with van der Waals surface area (Å²) >= 11 is 0. The highest BCUT2D eigenvalue weighted by Gasteiger charge is 2.31. The summed E-state index contributed by atoms with van der Waals surface area (Å²) in [6, 6.07) is 11.8. The molecule has 0 saturated heterocycles. The van der Waals surface area contributed by atoms with Crippen molar-refractivity contribution in [2.24, 2.45) is 5.92 Å². The number of pyridine rings is 1. The number of aromatic nitrogens is 3. The Morgan fingerprint density at radius 1 is 1.26 bits per heavy atom. The van der Waals surface area contributed by atoms with Crippen molar-refractivity contribution < 1.29 is 9.53 Å². The van der Waals surface area contributed by atoms with E-state index < -0.39 is 0 Å². The zero-order valence-electron chi connectivity index (χ0n) is 15.4. The molecule has 0 fully saturated rings. The van der Waals surface area contributed by atoms with E-state index in [1.807, 2.05) is 41.0 Å². The summed E-state index contributed by atoms with van der Waals surface area (Å²) in [6.45, 7) is 4.93. The van der Waals surface area contributed by atoms with Crippen molar-refractivity contribution in [3.63, 3.8) is 0 Å². The Kier molecular flexibility index (Phi) is 4.62. The van der Waals surface area contributed by atoms with Crippen LogP contribution in [0.2, 0.25) is 0 Å². The molecule has 1 N–H and O–H groups in total. The quantitative estimate of drug-likeness (QED) is 0.750. The second-order valence-electron chi connectivity index (χ2n) is 7.14. The van der Waals surface area contributed by atoms with E-state index in [1.165, 1.54) is 0 Å². The molecule has 1 aliphatic heterocycles. The molecule has 138 valence electrons. The van der Waals surface area contributed by atoms with Gasteiger partial charge < -0.3 is 10.1 Å². The van der Waals surface area contributed by atoms with Gasteiger partial charge in [-0.3, -0.25) is 14.3 Å². The first-order chi connectivity index (χ1) is 13.1. The Morgan fingerprint density at radius 3 is 2.78 bits per heavy atom. The fraction of sp³-hybridized carbons (Fsp3) is 0.286. The van der Waals surface area contributed by atoms with E-state index in [0.717, 1.165) is 22.7 Å². The van der Waals surface area contributed by atoms with Crippen LogP contribution in [0.5, 0.6) is 5.75 Å². The first-order valence-electron chi connectivity index (χ1n) is 9.12. The van der Waals surface area contributed by atoms with Crippen LogP contribution in [0.25, 0.3) is 5.69 Å². The monoisotopic (exact) mass is 362 g/mol. The second kappa shape index (κ2) is 7.23. The fourth-order valence-electron chi connectivity index (χ4n) is 3.23. The molecule has 27 heavy (non-hydrogen) atoms. The molecule has 6 nitrogen and oxygen atoms in total. The SMILES string of the molecule is CC(C)COc1ccc([C@H]2CC(=O)Nc3c2ncn3-c2cccnc2)cc1. The molecule has 3 heterocycles. The third-order valence-corrected chi connectivity index (χ3v) is 4.56. The van der Waals surface area contributed by atoms with Crippen LogP contribution in [0.4, 0.5) is 5.82 Å². The van der Waals surface area contributed by atoms with Crippen LogP contribution in [-0.2, 0) is 4.79 Å². The third-order valence-electron chi connectivity index (χ3n) is 4.56. The van der Waals surface area contributed by atoms with Gasteiger partial charge in [-0.25, -0.2) is 4.98 Å². The molecule has 1 atom stereocenters. The van der Waals surface area contributed by atoms with Crippen molar-refractivity contribution in [2.75, 3.05) is 11.9 Å². The second-order valence-corrected chi connectivity index (χ2v) is 7.14. The van der Waals surface area contributed by atoms with Crippen LogP contribution >= 0.6 is 0 Å². The van der Waals surface area contributed by atoms with Crippen molar-refractivity contribution in [1.82, 2.24) is 14.5 Å². The van der Waals surface area contributed by atoms with Crippen molar-refractivity contribution in [3.8, 4) is 11.4 Å². The maximum atomic E-state index is 12.3. The first kappa shape index (κ1) is 17.3. The van der Waals surface area contributed by atoms with Crippen LogP contribution in [0.15, 0.2) is 55.1 Å². The van der Waals surface area contributed by atoms with Crippen LogP contribution in [0, 0.1) is 5.92 Å². The average molecular weight is 362 g/mol. The molecule has 0 unspecified atom stereocenters. The van der Waals surface area contributed by atoms with E-state index in [4.69, 9.17) is 4.74 Å². The molecule has 1 aliphatic rings. The first-order valence-corrected chi connectivity index (χ1v) is 9.12. The molecule has 1 aromatic carbocycles. The lowest BCUT2D eigenvalue weighted by Crippen LogP contribution is -2.24. The summed E-state index contributed by atoms with van der Waals surface area (Å²) in [6.07, 6.45) is 5.58. The van der Waals surface area contributed by atoms with Crippen molar-refractivity contribution >= 4 is 11.7 Å². The molecular formula is C21H22N4O2. The van der Waals surface area contributed by atoms with Gasteiger partial charge in [-0.15, -0.1) is 0 Å². The van der Waals surface area contributed by atoms with Gasteiger partial charge in [-0.2, -0.15) is 0 Å². The lowest BCUT2D eigenvalue weighted by Gasteiger charge is -2.23. The summed E-state index contributed by atoms with van der Waals surface area (Å²) in [5, 5.41) is 2.96. The number of carbonyl (C=O) groups is 1. The molecule has 0 aliphatic carbocycles. The standard InChI is InChI=1S/C21H22N4O2/c1-14(2)12-27-17-7-5-15(6-8-17)18-10-19(26)24-21-20(18)23-13-25(21)16-4-3-9-22-11-16/h3-9,11,13-14,18H,10,12H2,1-2H3,(H,24,26)/t18-/m1/s1. The zero-order valence-corrected chi connectivity index (χ0v) is 15.4. The Hall–Kier alpha value is -3.15. The molecule has 4 rings (SSSR count). The minimum absolute atomic E-state index is 0.0155. The summed E-state index contributed by atoms with van der Waals surface area (Å²) in [5.41, 5.74) is 2.79. The largest absolute Gasteiger partial charge is 0.493 e. The Morgan fingerprint density at radius 2 is 2.07 bits per heavy atom. The molecule has 0 spiro atoms. The molecule has 0 saturated carbocycles. The number of anilines is 1. The highest BCUT2D eigenvalue weighted by molar-refractivity contribution is 5.94. The van der Waals surface area contributed by atoms with Crippen molar-refractivity contribution in [1.29, 1.82) is 0 Å². The average Bonchev–Trinajstić information content (AvgIpc) is 3.10. The van der Waals surface area contributed by atoms with Gasteiger partial charge in [0.1, 0.15) is 17.9 Å². The van der Waals surface area contributed by atoms with Crippen molar-refractivity contribution in [2.45, 2.75) is 26.2 Å². The van der Waals surface area contributed by atoms with Gasteiger partial charge in [0.2, 0.25) is 5.91 Å². The van der Waals surface area contributed by atoms with E-state index in [-0.39, 0.29) is 11.8 Å². The molecule has 2 aromatic heterocycles. The number of benzene rings is 1. The number of nitrogens with one attached hydrogen (secondary N) is 1. The minimum atomic E-state index is -0.0779. The van der Waals surface area contributed by atoms with E-state index in [2.05, 4.69) is 29.1 Å². The molecule has 3 aromatic rings. The van der Waals surface area contributed by atoms with Crippen LogP contribution in [0.3, 0.4) is 0 Å². The summed E-state index contributed by atoms with van der Waals surface area (Å²) < 4.78 is 7.62. The summed E-state index contributed by atoms with van der Waals surface area (Å²) in [7, 11) is 0. The van der Waals surface area contributed by atoms with Gasteiger partial charge in [-0.1, -0.05) is 26.0 Å². The normalized spacial score (nSPS) is 16.1. The van der Waals surface area contributed by atoms with Gasteiger partial charge >= 0.3 is 0 Å². The number of imidazole rings is 1. The van der Waals surface area contributed by atoms with Crippen LogP contribution in [-0.4, -0.2) is 27.0 Å². The lowest BCUT2D eigenvalue weighted by atomic mass is 9.90. The number of fused-ring (bicyclic) bond motifs is 1. The predicted molar refractivity (Wildman–Crippen MR) is 103 cm³/mol. The summed E-state index contributed by atoms with van der Waals surface area (Å²) in [4.78, 5) is 21.1. The molecule has 0 bridgehead atoms. The number of ether oxygens (including phenoxy) is 1. The molecular weight excluding hydrogens is 340 g/mol. The topological polar surface area (TPSA) is 69.0 Å². The number of hydrogen-bond acceptors (Lipinski definition) is 4. The Labute approximate surface area is 158 Å². The third kappa shape index (κ3) is 3.56. The molecule has 1 amide bonds. The van der Waals surface area contributed by atoms with Gasteiger partial charge in [0, 0.05) is 18.5 Å². The highest BCUT2D eigenvalue weighted by atomic mass is 16.5. The van der Waals surface area contributed by atoms with Crippen molar-refractivity contribution in [3.05, 3.63) is 66.4 Å². The highest BCUT2D eigenvalue weighted by Crippen LogP contribution is 2.37. The lowest BCUT2D eigenvalue weighted by molar-refractivity contribution is -0.116. The van der Waals surface area contributed by atoms with Gasteiger partial charge in [0.25, 0.3) is 0 Å². The van der Waals surface area contributed by atoms with E-state index in [9.17, 15) is 4.79 Å². The number of amides is 1. The molecule has 6 heteroatoms. The smallest absolute Gasteiger partial charge is 0.226 e. The Balaban J connectivity index is 1.64. The number of hydrogen-bond donors (Lipinski definition) is 1. The number of rotatable bonds is 5. The minimum Gasteiger partial charge on any atom is -0.493 e. The molecule has 0 radical (unpaired) electrons. The zero-order chi connectivity index (χ0) is 18.8. The summed E-state index contributed by atoms with van der Waals surface area (Å²) in [5.74, 6) is 1.94. The van der Waals surface area contributed by atoms with E-state index >= 15 is 0 Å². The van der Waals surface area contributed by atoms with Gasteiger partial charge in [0.05, 0.1) is 24.2 Å². The Bertz CT molecular complexity index is 933. The van der Waals surface area contributed by atoms with Gasteiger partial charge in [0.15, 0.2) is 0 Å². The maximum absolute atomic E-state index is 12.3. The van der Waals surface area contributed by atoms with Crippen LogP contribution in [0.1, 0.15) is 37.4 Å². The fourth-order valence-corrected chi connectivity index (χ4v) is 3.23. The number of carbonyl (C=O) groups excluding carboxylic acids is 1. The predicted octanol–water partition coefficient (Wildman–Crippen LogP) is 3.78. The number of nitrogens with zero attached hydrogens (tertiary/aromatic N) is 3. The van der Waals surface area contributed by atoms with Gasteiger partial charge in [-0.05, 0) is 35.7 Å². The maximum Gasteiger partial charge on any atom is 0.226 e. The van der Waals surface area contributed by atoms with E-state index in [1.54, 1.807) is 18.7 Å².